The molecule has 0 saturated heterocycles. The fourth-order valence-corrected chi connectivity index (χ4v) is 2.69. The summed E-state index contributed by atoms with van der Waals surface area (Å²) in [5.41, 5.74) is -1.04. The van der Waals surface area contributed by atoms with E-state index >= 15 is 0 Å². The van der Waals surface area contributed by atoms with E-state index < -0.39 is 21.2 Å². The molecule has 0 fully saturated rings. The molecule has 0 unspecified atom stereocenters. The van der Waals surface area contributed by atoms with E-state index in [4.69, 9.17) is 32.7 Å². The smallest absolute Gasteiger partial charge is 0.318 e. The van der Waals surface area contributed by atoms with Gasteiger partial charge >= 0.3 is 5.69 Å². The Morgan fingerprint density at radius 3 is 2.22 bits per heavy atom. The second-order valence-corrected chi connectivity index (χ2v) is 8.38. The summed E-state index contributed by atoms with van der Waals surface area (Å²) in [7, 11) is 0. The molecular formula is C15H8Br2Cl2N2O6. The van der Waals surface area contributed by atoms with Gasteiger partial charge in [-0.15, -0.1) is 0 Å². The molecule has 0 amide bonds. The van der Waals surface area contributed by atoms with E-state index in [1.54, 1.807) is 6.08 Å². The van der Waals surface area contributed by atoms with E-state index in [-0.39, 0.29) is 28.2 Å². The highest BCUT2D eigenvalue weighted by Gasteiger charge is 2.23. The Bertz CT molecular complexity index is 912. The second-order valence-electron chi connectivity index (χ2n) is 4.79. The molecule has 0 aromatic heterocycles. The van der Waals surface area contributed by atoms with E-state index in [1.165, 1.54) is 12.1 Å². The number of ether oxygens (including phenoxy) is 2. The molecule has 2 rings (SSSR count). The lowest BCUT2D eigenvalue weighted by Crippen LogP contribution is -1.98. The van der Waals surface area contributed by atoms with E-state index in [1.807, 2.05) is 0 Å². The highest BCUT2D eigenvalue weighted by molar-refractivity contribution is 9.28. The highest BCUT2D eigenvalue weighted by atomic mass is 79.9. The van der Waals surface area contributed by atoms with Crippen molar-refractivity contribution in [3.05, 3.63) is 70.1 Å². The SMILES string of the molecule is O=[N+]([O-])c1ccc(Oc2c(Cl)cc(OCC=C(Br)Br)cc2Cl)c([N+](=O)[O-])c1. The maximum atomic E-state index is 11.2. The molecule has 0 aliphatic heterocycles. The minimum Gasteiger partial charge on any atom is -0.489 e. The lowest BCUT2D eigenvalue weighted by molar-refractivity contribution is -0.394. The van der Waals surface area contributed by atoms with Crippen molar-refractivity contribution in [2.45, 2.75) is 0 Å². The van der Waals surface area contributed by atoms with Gasteiger partial charge in [0.2, 0.25) is 5.75 Å². The van der Waals surface area contributed by atoms with Gasteiger partial charge < -0.3 is 9.47 Å². The van der Waals surface area contributed by atoms with E-state index in [0.717, 1.165) is 18.2 Å². The van der Waals surface area contributed by atoms with Crippen LogP contribution in [0.25, 0.3) is 0 Å². The van der Waals surface area contributed by atoms with Crippen LogP contribution in [0.1, 0.15) is 0 Å². The number of non-ortho nitro benzene ring substituents is 1. The van der Waals surface area contributed by atoms with Crippen LogP contribution in [0, 0.1) is 20.2 Å². The number of nitro groups is 2. The first-order valence-electron chi connectivity index (χ1n) is 6.92. The Kier molecular flexibility index (Phi) is 7.42. The van der Waals surface area contributed by atoms with Crippen LogP contribution < -0.4 is 9.47 Å². The Morgan fingerprint density at radius 2 is 1.70 bits per heavy atom. The Morgan fingerprint density at radius 1 is 1.07 bits per heavy atom. The molecule has 0 radical (unpaired) electrons. The topological polar surface area (TPSA) is 105 Å². The van der Waals surface area contributed by atoms with E-state index in [2.05, 4.69) is 31.9 Å². The predicted octanol–water partition coefficient (Wildman–Crippen LogP) is 6.61. The molecule has 0 N–H and O–H groups in total. The summed E-state index contributed by atoms with van der Waals surface area (Å²) < 4.78 is 11.6. The normalized spacial score (nSPS) is 10.2. The van der Waals surface area contributed by atoms with Gasteiger partial charge in [0.25, 0.3) is 5.69 Å². The van der Waals surface area contributed by atoms with Crippen molar-refractivity contribution < 1.29 is 19.3 Å². The third-order valence-corrected chi connectivity index (χ3v) is 4.23. The quantitative estimate of drug-likeness (QED) is 0.288. The molecule has 142 valence electrons. The van der Waals surface area contributed by atoms with Crippen molar-refractivity contribution in [3.8, 4) is 17.2 Å². The van der Waals surface area contributed by atoms with Crippen LogP contribution in [0.15, 0.2) is 39.8 Å². The minimum absolute atomic E-state index is 0.0418. The predicted molar refractivity (Wildman–Crippen MR) is 108 cm³/mol. The first-order valence-corrected chi connectivity index (χ1v) is 9.27. The van der Waals surface area contributed by atoms with Crippen molar-refractivity contribution in [1.29, 1.82) is 0 Å². The third kappa shape index (κ3) is 5.80. The van der Waals surface area contributed by atoms with Crippen molar-refractivity contribution in [2.75, 3.05) is 6.61 Å². The zero-order valence-corrected chi connectivity index (χ0v) is 17.7. The van der Waals surface area contributed by atoms with Crippen molar-refractivity contribution in [3.63, 3.8) is 0 Å². The number of nitro benzene ring substituents is 2. The number of halogens is 4. The van der Waals surface area contributed by atoms with Gasteiger partial charge in [-0.25, -0.2) is 0 Å². The maximum Gasteiger partial charge on any atom is 0.318 e. The molecule has 0 saturated carbocycles. The fraction of sp³-hybridized carbons (Fsp3) is 0.0667. The van der Waals surface area contributed by atoms with E-state index in [9.17, 15) is 20.2 Å². The van der Waals surface area contributed by atoms with Gasteiger partial charge in [-0.3, -0.25) is 20.2 Å². The molecule has 0 aliphatic carbocycles. The lowest BCUT2D eigenvalue weighted by atomic mass is 10.2. The summed E-state index contributed by atoms with van der Waals surface area (Å²) in [5.74, 6) is 0.0714. The summed E-state index contributed by atoms with van der Waals surface area (Å²) in [6.07, 6.45) is 1.70. The Labute approximate surface area is 179 Å². The average Bonchev–Trinajstić information content (AvgIpc) is 2.57. The fourth-order valence-electron chi connectivity index (χ4n) is 1.88. The average molecular weight is 543 g/mol. The summed E-state index contributed by atoms with van der Waals surface area (Å²) in [4.78, 5) is 20.4. The maximum absolute atomic E-state index is 11.2. The first kappa shape index (κ1) is 21.4. The highest BCUT2D eigenvalue weighted by Crippen LogP contribution is 2.42. The van der Waals surface area contributed by atoms with Gasteiger partial charge in [0.05, 0.1) is 29.3 Å². The summed E-state index contributed by atoms with van der Waals surface area (Å²) in [6, 6.07) is 5.82. The summed E-state index contributed by atoms with van der Waals surface area (Å²) in [5, 5.41) is 22.1. The molecule has 0 aliphatic rings. The van der Waals surface area contributed by atoms with Crippen LogP contribution in [0.3, 0.4) is 0 Å². The van der Waals surface area contributed by atoms with Gasteiger partial charge in [0, 0.05) is 18.2 Å². The van der Waals surface area contributed by atoms with Crippen molar-refractivity contribution in [2.24, 2.45) is 0 Å². The molecule has 0 atom stereocenters. The molecule has 0 spiro atoms. The van der Waals surface area contributed by atoms with Crippen LogP contribution in [0.5, 0.6) is 17.2 Å². The Balaban J connectivity index is 2.33. The zero-order valence-electron chi connectivity index (χ0n) is 13.0. The number of hydrogen-bond donors (Lipinski definition) is 0. The van der Waals surface area contributed by atoms with Gasteiger partial charge in [0.1, 0.15) is 12.4 Å². The van der Waals surface area contributed by atoms with Crippen LogP contribution >= 0.6 is 55.1 Å². The third-order valence-electron chi connectivity index (χ3n) is 3.02. The van der Waals surface area contributed by atoms with Crippen LogP contribution in [0.4, 0.5) is 11.4 Å². The first-order chi connectivity index (χ1) is 12.7. The summed E-state index contributed by atoms with van der Waals surface area (Å²) >= 11 is 18.6. The number of hydrogen-bond acceptors (Lipinski definition) is 6. The van der Waals surface area contributed by atoms with Gasteiger partial charge in [-0.2, -0.15) is 0 Å². The summed E-state index contributed by atoms with van der Waals surface area (Å²) in [6.45, 7) is 0.229. The van der Waals surface area contributed by atoms with Crippen LogP contribution in [0.2, 0.25) is 10.0 Å². The van der Waals surface area contributed by atoms with Crippen molar-refractivity contribution in [1.82, 2.24) is 0 Å². The number of nitrogens with zero attached hydrogens (tertiary/aromatic N) is 2. The molecule has 0 heterocycles. The molecule has 27 heavy (non-hydrogen) atoms. The molecule has 12 heteroatoms. The zero-order chi connectivity index (χ0) is 20.1. The standard InChI is InChI=1S/C15H8Br2Cl2N2O6/c16-14(17)3-4-26-9-6-10(18)15(11(19)7-9)27-13-2-1-8(20(22)23)5-12(13)21(24)25/h1-3,5-7H,4H2. The van der Waals surface area contributed by atoms with Crippen LogP contribution in [-0.4, -0.2) is 16.5 Å². The minimum atomic E-state index is -0.800. The lowest BCUT2D eigenvalue weighted by Gasteiger charge is -2.12. The van der Waals surface area contributed by atoms with Crippen molar-refractivity contribution >= 4 is 66.4 Å². The van der Waals surface area contributed by atoms with Crippen LogP contribution in [-0.2, 0) is 0 Å². The van der Waals surface area contributed by atoms with Gasteiger partial charge in [-0.1, -0.05) is 23.2 Å². The number of benzene rings is 2. The molecule has 2 aromatic rings. The largest absolute Gasteiger partial charge is 0.489 e. The molecule has 8 nitrogen and oxygen atoms in total. The van der Waals surface area contributed by atoms with E-state index in [0.29, 0.717) is 9.14 Å². The van der Waals surface area contributed by atoms with Gasteiger partial charge in [0.15, 0.2) is 5.75 Å². The number of rotatable bonds is 7. The van der Waals surface area contributed by atoms with Gasteiger partial charge in [-0.05, 0) is 44.0 Å². The monoisotopic (exact) mass is 540 g/mol. The molecule has 0 bridgehead atoms. The Hall–Kier alpha value is -1.88. The second kappa shape index (κ2) is 9.36. The molecular weight excluding hydrogens is 535 g/mol. The molecule has 2 aromatic carbocycles.